The largest absolute Gasteiger partial charge is 0.493 e. The number of carbonyl (C=O) groups excluding carboxylic acids is 1. The van der Waals surface area contributed by atoms with Crippen LogP contribution in [0, 0.1) is 0 Å². The van der Waals surface area contributed by atoms with E-state index in [0.717, 1.165) is 30.6 Å². The number of hydrogen-bond acceptors (Lipinski definition) is 4. The Balaban J connectivity index is 2.06. The maximum Gasteiger partial charge on any atom is 0.237 e. The Labute approximate surface area is 178 Å². The van der Waals surface area contributed by atoms with Crippen molar-refractivity contribution in [2.45, 2.75) is 26.3 Å². The Morgan fingerprint density at radius 3 is 2.31 bits per heavy atom. The maximum absolute atomic E-state index is 13.3. The minimum absolute atomic E-state index is 0.133. The van der Waals surface area contributed by atoms with Gasteiger partial charge < -0.3 is 14.4 Å². The average molecular weight is 417 g/mol. The molecule has 2 aromatic rings. The number of methoxy groups -OCH3 is 2. The van der Waals surface area contributed by atoms with E-state index in [1.54, 1.807) is 14.2 Å². The van der Waals surface area contributed by atoms with Crippen molar-refractivity contribution in [3.8, 4) is 11.5 Å². The monoisotopic (exact) mass is 416 g/mol. The van der Waals surface area contributed by atoms with Crippen molar-refractivity contribution in [1.29, 1.82) is 0 Å². The molecule has 1 unspecified atom stereocenters. The van der Waals surface area contributed by atoms with Crippen LogP contribution in [0.3, 0.4) is 0 Å². The number of benzene rings is 2. The Morgan fingerprint density at radius 1 is 1.10 bits per heavy atom. The summed E-state index contributed by atoms with van der Waals surface area (Å²) in [6.45, 7) is 6.94. The molecule has 1 heterocycles. The Kier molecular flexibility index (Phi) is 7.04. The second-order valence-corrected chi connectivity index (χ2v) is 7.60. The van der Waals surface area contributed by atoms with Crippen LogP contribution in [0.25, 0.3) is 0 Å². The topological polar surface area (TPSA) is 42.0 Å². The van der Waals surface area contributed by atoms with Gasteiger partial charge in [0, 0.05) is 11.6 Å². The van der Waals surface area contributed by atoms with E-state index in [1.165, 1.54) is 5.56 Å². The molecule has 156 valence electrons. The number of nitrogens with zero attached hydrogens (tertiary/aromatic N) is 2. The minimum Gasteiger partial charge on any atom is -0.493 e. The predicted octanol–water partition coefficient (Wildman–Crippen LogP) is 4.17. The Bertz CT molecular complexity index is 850. The predicted molar refractivity (Wildman–Crippen MR) is 116 cm³/mol. The number of ether oxygens (including phenoxy) is 2. The van der Waals surface area contributed by atoms with E-state index >= 15 is 0 Å². The molecule has 0 radical (unpaired) electrons. The first-order chi connectivity index (χ1) is 14.0. The number of fused-ring (bicyclic) bond motifs is 1. The van der Waals surface area contributed by atoms with Crippen LogP contribution in [0.15, 0.2) is 36.4 Å². The summed E-state index contributed by atoms with van der Waals surface area (Å²) in [6, 6.07) is 11.6. The fourth-order valence-electron chi connectivity index (χ4n) is 3.95. The summed E-state index contributed by atoms with van der Waals surface area (Å²) in [6.07, 6.45) is 0.782. The molecule has 0 N–H and O–H groups in total. The van der Waals surface area contributed by atoms with Crippen LogP contribution in [0.2, 0.25) is 5.02 Å². The second-order valence-electron chi connectivity index (χ2n) is 7.16. The molecule has 0 bridgehead atoms. The van der Waals surface area contributed by atoms with E-state index in [2.05, 4.69) is 18.7 Å². The van der Waals surface area contributed by atoms with Crippen molar-refractivity contribution in [2.75, 3.05) is 40.4 Å². The van der Waals surface area contributed by atoms with Gasteiger partial charge in [-0.15, -0.1) is 0 Å². The smallest absolute Gasteiger partial charge is 0.237 e. The first kappa shape index (κ1) is 21.5. The van der Waals surface area contributed by atoms with Crippen LogP contribution in [0.1, 0.15) is 36.6 Å². The van der Waals surface area contributed by atoms with Crippen molar-refractivity contribution in [3.05, 3.63) is 58.1 Å². The molecule has 1 atom stereocenters. The molecule has 2 aromatic carbocycles. The van der Waals surface area contributed by atoms with E-state index in [0.29, 0.717) is 29.6 Å². The van der Waals surface area contributed by atoms with E-state index in [1.807, 2.05) is 41.3 Å². The van der Waals surface area contributed by atoms with Crippen molar-refractivity contribution >= 4 is 17.5 Å². The van der Waals surface area contributed by atoms with Crippen LogP contribution in [-0.4, -0.2) is 56.1 Å². The van der Waals surface area contributed by atoms with E-state index in [4.69, 9.17) is 21.1 Å². The highest BCUT2D eigenvalue weighted by atomic mass is 35.5. The lowest BCUT2D eigenvalue weighted by Gasteiger charge is -2.39. The summed E-state index contributed by atoms with van der Waals surface area (Å²) >= 11 is 6.12. The van der Waals surface area contributed by atoms with Gasteiger partial charge in [0.1, 0.15) is 0 Å². The average Bonchev–Trinajstić information content (AvgIpc) is 2.76. The highest BCUT2D eigenvalue weighted by Gasteiger charge is 2.33. The van der Waals surface area contributed by atoms with Crippen molar-refractivity contribution in [2.24, 2.45) is 0 Å². The standard InChI is InChI=1S/C23H29ClN2O3/c1-5-25(6-2)15-22(27)26-12-11-17-13-20(28-3)21(29-4)14-19(17)23(26)16-7-9-18(24)10-8-16/h7-10,13-14,23H,5-6,11-12,15H2,1-4H3. The van der Waals surface area contributed by atoms with Crippen LogP contribution in [-0.2, 0) is 11.2 Å². The molecule has 5 nitrogen and oxygen atoms in total. The third-order valence-corrected chi connectivity index (χ3v) is 5.89. The summed E-state index contributed by atoms with van der Waals surface area (Å²) in [4.78, 5) is 17.4. The first-order valence-electron chi connectivity index (χ1n) is 10.0. The molecule has 0 aliphatic carbocycles. The number of likely N-dealkylation sites (N-methyl/N-ethyl adjacent to an activating group) is 1. The highest BCUT2D eigenvalue weighted by molar-refractivity contribution is 6.30. The molecule has 0 fully saturated rings. The number of rotatable bonds is 7. The van der Waals surface area contributed by atoms with Crippen LogP contribution >= 0.6 is 11.6 Å². The summed E-state index contributed by atoms with van der Waals surface area (Å²) in [5, 5.41) is 0.679. The van der Waals surface area contributed by atoms with Crippen LogP contribution < -0.4 is 9.47 Å². The number of halogens is 1. The zero-order chi connectivity index (χ0) is 21.0. The first-order valence-corrected chi connectivity index (χ1v) is 10.4. The number of carbonyl (C=O) groups is 1. The molecule has 0 spiro atoms. The van der Waals surface area contributed by atoms with Gasteiger partial charge in [-0.05, 0) is 60.5 Å². The fraction of sp³-hybridized carbons (Fsp3) is 0.435. The van der Waals surface area contributed by atoms with Gasteiger partial charge in [0.05, 0.1) is 26.8 Å². The molecule has 1 amide bonds. The Hall–Kier alpha value is -2.24. The van der Waals surface area contributed by atoms with Crippen LogP contribution in [0.4, 0.5) is 0 Å². The lowest BCUT2D eigenvalue weighted by molar-refractivity contribution is -0.134. The molecule has 1 aliphatic rings. The zero-order valence-electron chi connectivity index (χ0n) is 17.6. The summed E-state index contributed by atoms with van der Waals surface area (Å²) in [7, 11) is 3.28. The molecule has 6 heteroatoms. The lowest BCUT2D eigenvalue weighted by atomic mass is 9.87. The number of hydrogen-bond donors (Lipinski definition) is 0. The minimum atomic E-state index is -0.182. The van der Waals surface area contributed by atoms with Crippen molar-refractivity contribution in [1.82, 2.24) is 9.80 Å². The van der Waals surface area contributed by atoms with Gasteiger partial charge in [0.15, 0.2) is 11.5 Å². The summed E-state index contributed by atoms with van der Waals surface area (Å²) in [5.74, 6) is 1.52. The van der Waals surface area contributed by atoms with Gasteiger partial charge >= 0.3 is 0 Å². The molecule has 29 heavy (non-hydrogen) atoms. The fourth-order valence-corrected chi connectivity index (χ4v) is 4.07. The van der Waals surface area contributed by atoms with Gasteiger partial charge in [-0.25, -0.2) is 0 Å². The SMILES string of the molecule is CCN(CC)CC(=O)N1CCc2cc(OC)c(OC)cc2C1c1ccc(Cl)cc1. The molecule has 0 saturated heterocycles. The quantitative estimate of drug-likeness (QED) is 0.679. The van der Waals surface area contributed by atoms with Crippen LogP contribution in [0.5, 0.6) is 11.5 Å². The molecule has 3 rings (SSSR count). The third-order valence-electron chi connectivity index (χ3n) is 5.63. The summed E-state index contributed by atoms with van der Waals surface area (Å²) in [5.41, 5.74) is 3.29. The molecule has 0 saturated carbocycles. The van der Waals surface area contributed by atoms with Gasteiger partial charge in [0.25, 0.3) is 0 Å². The van der Waals surface area contributed by atoms with E-state index in [9.17, 15) is 4.79 Å². The summed E-state index contributed by atoms with van der Waals surface area (Å²) < 4.78 is 11.0. The third kappa shape index (κ3) is 4.51. The van der Waals surface area contributed by atoms with E-state index in [-0.39, 0.29) is 11.9 Å². The molecule has 0 aromatic heterocycles. The van der Waals surface area contributed by atoms with Crippen molar-refractivity contribution in [3.63, 3.8) is 0 Å². The highest BCUT2D eigenvalue weighted by Crippen LogP contribution is 2.41. The molecule has 1 aliphatic heterocycles. The molecular weight excluding hydrogens is 388 g/mol. The van der Waals surface area contributed by atoms with Gasteiger partial charge in [-0.2, -0.15) is 0 Å². The zero-order valence-corrected chi connectivity index (χ0v) is 18.3. The van der Waals surface area contributed by atoms with E-state index < -0.39 is 0 Å². The van der Waals surface area contributed by atoms with Gasteiger partial charge in [-0.3, -0.25) is 9.69 Å². The normalized spacial score (nSPS) is 15.9. The maximum atomic E-state index is 13.3. The lowest BCUT2D eigenvalue weighted by Crippen LogP contribution is -2.45. The second kappa shape index (κ2) is 9.51. The number of amides is 1. The van der Waals surface area contributed by atoms with Gasteiger partial charge in [-0.1, -0.05) is 37.6 Å². The van der Waals surface area contributed by atoms with Crippen molar-refractivity contribution < 1.29 is 14.3 Å². The van der Waals surface area contributed by atoms with Gasteiger partial charge in [0.2, 0.25) is 5.91 Å². The Morgan fingerprint density at radius 2 is 1.72 bits per heavy atom. The molecular formula is C23H29ClN2O3.